The molecule has 0 spiro atoms. The quantitative estimate of drug-likeness (QED) is 0.470. The van der Waals surface area contributed by atoms with Crippen molar-refractivity contribution in [3.63, 3.8) is 0 Å². The highest BCUT2D eigenvalue weighted by atomic mass is 32.2. The molecule has 27 heavy (non-hydrogen) atoms. The lowest BCUT2D eigenvalue weighted by molar-refractivity contribution is 0.126. The minimum atomic E-state index is -0.639. The van der Waals surface area contributed by atoms with Gasteiger partial charge in [-0.05, 0) is 25.1 Å². The van der Waals surface area contributed by atoms with E-state index in [4.69, 9.17) is 9.15 Å². The number of H-pyrrole nitrogens is 1. The van der Waals surface area contributed by atoms with E-state index in [1.807, 2.05) is 61.7 Å². The molecule has 0 fully saturated rings. The van der Waals surface area contributed by atoms with Gasteiger partial charge in [-0.2, -0.15) is 0 Å². The van der Waals surface area contributed by atoms with Crippen LogP contribution in [0.4, 0.5) is 0 Å². The molecule has 6 nitrogen and oxygen atoms in total. The third kappa shape index (κ3) is 4.15. The Bertz CT molecular complexity index is 1030. The fraction of sp³-hybridized carbons (Fsp3) is 0.200. The molecular weight excluding hydrogens is 362 g/mol. The van der Waals surface area contributed by atoms with Crippen molar-refractivity contribution in [3.8, 4) is 17.2 Å². The predicted octanol–water partition coefficient (Wildman–Crippen LogP) is 4.06. The first-order chi connectivity index (χ1) is 13.2. The highest BCUT2D eigenvalue weighted by molar-refractivity contribution is 7.99. The standard InChI is InChI=1S/C20H19N3O3S/c1-13-6-8-15(9-7-13)25-11-14(24)12-27-20-23-22-19(26-20)17-10-21-18-5-3-2-4-16(17)18/h2-10,14,21,24H,11-12H2,1H3/t14-/m1/s1. The minimum Gasteiger partial charge on any atom is -0.491 e. The van der Waals surface area contributed by atoms with E-state index in [1.165, 1.54) is 17.3 Å². The van der Waals surface area contributed by atoms with Crippen molar-refractivity contribution in [2.75, 3.05) is 12.4 Å². The summed E-state index contributed by atoms with van der Waals surface area (Å²) in [4.78, 5) is 3.19. The molecule has 1 atom stereocenters. The summed E-state index contributed by atoms with van der Waals surface area (Å²) in [5.41, 5.74) is 3.05. The zero-order valence-electron chi connectivity index (χ0n) is 14.8. The Labute approximate surface area is 160 Å². The van der Waals surface area contributed by atoms with Crippen LogP contribution in [0.1, 0.15) is 5.56 Å². The second-order valence-electron chi connectivity index (χ2n) is 6.21. The van der Waals surface area contributed by atoms with Crippen molar-refractivity contribution in [1.29, 1.82) is 0 Å². The lowest BCUT2D eigenvalue weighted by Crippen LogP contribution is -2.20. The number of benzene rings is 2. The molecule has 0 amide bonds. The monoisotopic (exact) mass is 381 g/mol. The SMILES string of the molecule is Cc1ccc(OC[C@@H](O)CSc2nnc(-c3c[nH]c4ccccc34)o2)cc1. The molecule has 0 saturated carbocycles. The van der Waals surface area contributed by atoms with Gasteiger partial charge in [-0.1, -0.05) is 47.7 Å². The highest BCUT2D eigenvalue weighted by Crippen LogP contribution is 2.29. The minimum absolute atomic E-state index is 0.208. The zero-order chi connectivity index (χ0) is 18.6. The van der Waals surface area contributed by atoms with Crippen molar-refractivity contribution in [1.82, 2.24) is 15.2 Å². The lowest BCUT2D eigenvalue weighted by Gasteiger charge is -2.11. The number of nitrogens with zero attached hydrogens (tertiary/aromatic N) is 2. The van der Waals surface area contributed by atoms with E-state index >= 15 is 0 Å². The Morgan fingerprint density at radius 3 is 2.81 bits per heavy atom. The average molecular weight is 381 g/mol. The summed E-state index contributed by atoms with van der Waals surface area (Å²) in [6, 6.07) is 15.7. The van der Waals surface area contributed by atoms with Crippen LogP contribution >= 0.6 is 11.8 Å². The number of ether oxygens (including phenoxy) is 1. The van der Waals surface area contributed by atoms with Crippen LogP contribution in [-0.2, 0) is 0 Å². The number of aromatic amines is 1. The van der Waals surface area contributed by atoms with Crippen LogP contribution in [0.15, 0.2) is 64.4 Å². The smallest absolute Gasteiger partial charge is 0.276 e. The molecule has 0 aliphatic heterocycles. The van der Waals surface area contributed by atoms with E-state index in [9.17, 15) is 5.11 Å². The molecule has 2 N–H and O–H groups in total. The van der Waals surface area contributed by atoms with Gasteiger partial charge in [-0.25, -0.2) is 0 Å². The van der Waals surface area contributed by atoms with Crippen molar-refractivity contribution in [2.24, 2.45) is 0 Å². The molecule has 0 saturated heterocycles. The van der Waals surface area contributed by atoms with Gasteiger partial charge in [0.2, 0.25) is 0 Å². The van der Waals surface area contributed by atoms with E-state index in [0.29, 0.717) is 16.9 Å². The van der Waals surface area contributed by atoms with E-state index in [1.54, 1.807) is 0 Å². The Morgan fingerprint density at radius 2 is 1.96 bits per heavy atom. The summed E-state index contributed by atoms with van der Waals surface area (Å²) in [6.45, 7) is 2.23. The maximum Gasteiger partial charge on any atom is 0.276 e. The first-order valence-corrected chi connectivity index (χ1v) is 9.58. The molecule has 4 aromatic rings. The number of aliphatic hydroxyl groups is 1. The third-order valence-corrected chi connectivity index (χ3v) is 5.05. The van der Waals surface area contributed by atoms with Crippen molar-refractivity contribution < 1.29 is 14.3 Å². The topological polar surface area (TPSA) is 84.2 Å². The number of aryl methyl sites for hydroxylation is 1. The second-order valence-corrected chi connectivity index (χ2v) is 7.18. The van der Waals surface area contributed by atoms with Gasteiger partial charge in [0.05, 0.1) is 11.7 Å². The summed E-state index contributed by atoms with van der Waals surface area (Å²) in [6.07, 6.45) is 1.22. The van der Waals surface area contributed by atoms with Crippen LogP contribution in [0.2, 0.25) is 0 Å². The second kappa shape index (κ2) is 7.85. The van der Waals surface area contributed by atoms with Gasteiger partial charge in [0.15, 0.2) is 0 Å². The first kappa shape index (κ1) is 17.6. The maximum atomic E-state index is 10.1. The van der Waals surface area contributed by atoms with Crippen LogP contribution in [0.3, 0.4) is 0 Å². The Kier molecular flexibility index (Phi) is 5.13. The number of aliphatic hydroxyl groups excluding tert-OH is 1. The van der Waals surface area contributed by atoms with Crippen LogP contribution in [0.5, 0.6) is 5.75 Å². The van der Waals surface area contributed by atoms with Gasteiger partial charge >= 0.3 is 0 Å². The summed E-state index contributed by atoms with van der Waals surface area (Å²) >= 11 is 1.31. The Morgan fingerprint density at radius 1 is 1.15 bits per heavy atom. The number of aromatic nitrogens is 3. The Hall–Kier alpha value is -2.77. The number of hydrogen-bond donors (Lipinski definition) is 2. The van der Waals surface area contributed by atoms with Gasteiger partial charge in [-0.3, -0.25) is 0 Å². The largest absolute Gasteiger partial charge is 0.491 e. The molecule has 138 valence electrons. The molecule has 2 aromatic heterocycles. The van der Waals surface area contributed by atoms with Gasteiger partial charge in [0, 0.05) is 22.9 Å². The van der Waals surface area contributed by atoms with Crippen LogP contribution < -0.4 is 4.74 Å². The lowest BCUT2D eigenvalue weighted by atomic mass is 10.2. The third-order valence-electron chi connectivity index (χ3n) is 4.09. The van der Waals surface area contributed by atoms with Crippen molar-refractivity contribution in [2.45, 2.75) is 18.3 Å². The summed E-state index contributed by atoms with van der Waals surface area (Å²) in [5.74, 6) is 1.60. The van der Waals surface area contributed by atoms with E-state index < -0.39 is 6.10 Å². The number of thioether (sulfide) groups is 1. The average Bonchev–Trinajstić information content (AvgIpc) is 3.32. The van der Waals surface area contributed by atoms with Crippen molar-refractivity contribution >= 4 is 22.7 Å². The molecule has 4 rings (SSSR count). The molecule has 0 aliphatic rings. The molecular formula is C20H19N3O3S. The number of nitrogens with one attached hydrogen (secondary N) is 1. The number of para-hydroxylation sites is 1. The molecule has 7 heteroatoms. The first-order valence-electron chi connectivity index (χ1n) is 8.59. The van der Waals surface area contributed by atoms with E-state index in [0.717, 1.165) is 22.2 Å². The number of rotatable bonds is 7. The van der Waals surface area contributed by atoms with Crippen LogP contribution in [0, 0.1) is 6.92 Å². The van der Waals surface area contributed by atoms with Gasteiger partial charge in [0.1, 0.15) is 12.4 Å². The zero-order valence-corrected chi connectivity index (χ0v) is 15.6. The summed E-state index contributed by atoms with van der Waals surface area (Å²) in [7, 11) is 0. The fourth-order valence-electron chi connectivity index (χ4n) is 2.67. The van der Waals surface area contributed by atoms with Gasteiger partial charge < -0.3 is 19.2 Å². The molecule has 0 bridgehead atoms. The number of hydrogen-bond acceptors (Lipinski definition) is 6. The van der Waals surface area contributed by atoms with Gasteiger partial charge in [0.25, 0.3) is 11.1 Å². The van der Waals surface area contributed by atoms with E-state index in [2.05, 4.69) is 15.2 Å². The Balaban J connectivity index is 1.33. The van der Waals surface area contributed by atoms with Crippen LogP contribution in [0.25, 0.3) is 22.4 Å². The molecule has 0 unspecified atom stereocenters. The summed E-state index contributed by atoms with van der Waals surface area (Å²) < 4.78 is 11.3. The van der Waals surface area contributed by atoms with E-state index in [-0.39, 0.29) is 6.61 Å². The molecule has 2 aromatic carbocycles. The summed E-state index contributed by atoms with van der Waals surface area (Å²) in [5, 5.41) is 19.7. The predicted molar refractivity (Wildman–Crippen MR) is 105 cm³/mol. The van der Waals surface area contributed by atoms with Gasteiger partial charge in [-0.15, -0.1) is 10.2 Å². The fourth-order valence-corrected chi connectivity index (χ4v) is 3.34. The van der Waals surface area contributed by atoms with Crippen LogP contribution in [-0.4, -0.2) is 38.8 Å². The van der Waals surface area contributed by atoms with Crippen molar-refractivity contribution in [3.05, 3.63) is 60.3 Å². The number of fused-ring (bicyclic) bond motifs is 1. The maximum absolute atomic E-state index is 10.1. The molecule has 0 aliphatic carbocycles. The molecule has 0 radical (unpaired) electrons. The normalized spacial score (nSPS) is 12.4. The molecule has 2 heterocycles. The highest BCUT2D eigenvalue weighted by Gasteiger charge is 2.15.